The Bertz CT molecular complexity index is 511. The number of carbonyl (C=O) groups excluding carboxylic acids is 2. The summed E-state index contributed by atoms with van der Waals surface area (Å²) in [6.45, 7) is 5.03. The summed E-state index contributed by atoms with van der Waals surface area (Å²) in [5, 5.41) is 8.42. The van der Waals surface area contributed by atoms with E-state index in [0.717, 1.165) is 26.0 Å². The van der Waals surface area contributed by atoms with Gasteiger partial charge < -0.3 is 30.2 Å². The Morgan fingerprint density at radius 2 is 1.44 bits per heavy atom. The number of amides is 2. The van der Waals surface area contributed by atoms with Gasteiger partial charge >= 0.3 is 0 Å². The number of ether oxygens (including phenoxy) is 3. The van der Waals surface area contributed by atoms with Crippen molar-refractivity contribution < 1.29 is 23.8 Å². The monoisotopic (exact) mass is 381 g/mol. The first-order valence-electron chi connectivity index (χ1n) is 9.24. The molecule has 27 heavy (non-hydrogen) atoms. The van der Waals surface area contributed by atoms with Crippen molar-refractivity contribution in [1.82, 2.24) is 10.6 Å². The summed E-state index contributed by atoms with van der Waals surface area (Å²) < 4.78 is 16.3. The van der Waals surface area contributed by atoms with Crippen LogP contribution in [0.5, 0.6) is 0 Å². The molecule has 0 atom stereocenters. The van der Waals surface area contributed by atoms with Crippen LogP contribution in [0.4, 0.5) is 5.69 Å². The first-order chi connectivity index (χ1) is 13.3. The van der Waals surface area contributed by atoms with E-state index in [1.807, 2.05) is 7.05 Å². The molecule has 0 aromatic heterocycles. The van der Waals surface area contributed by atoms with E-state index in [-0.39, 0.29) is 5.91 Å². The number of benzene rings is 1. The second-order valence-electron chi connectivity index (χ2n) is 5.74. The molecule has 1 aromatic rings. The molecule has 0 saturated carbocycles. The van der Waals surface area contributed by atoms with Crippen molar-refractivity contribution >= 4 is 18.0 Å². The first-order valence-corrected chi connectivity index (χ1v) is 9.24. The van der Waals surface area contributed by atoms with Crippen LogP contribution in [0.2, 0.25) is 0 Å². The zero-order valence-electron chi connectivity index (χ0n) is 16.0. The van der Waals surface area contributed by atoms with E-state index in [4.69, 9.17) is 14.2 Å². The van der Waals surface area contributed by atoms with Crippen LogP contribution >= 0.6 is 0 Å². The molecule has 0 spiro atoms. The fourth-order valence-corrected chi connectivity index (χ4v) is 2.16. The Morgan fingerprint density at radius 1 is 0.889 bits per heavy atom. The van der Waals surface area contributed by atoms with Crippen molar-refractivity contribution in [2.75, 3.05) is 65.1 Å². The number of anilines is 1. The predicted molar refractivity (Wildman–Crippen MR) is 104 cm³/mol. The van der Waals surface area contributed by atoms with Gasteiger partial charge in [-0.3, -0.25) is 9.59 Å². The molecule has 1 rings (SSSR count). The maximum absolute atomic E-state index is 12.0. The van der Waals surface area contributed by atoms with Crippen LogP contribution in [0, 0.1) is 0 Å². The van der Waals surface area contributed by atoms with Crippen LogP contribution in [0.25, 0.3) is 0 Å². The molecule has 0 saturated heterocycles. The molecule has 152 valence electrons. The standard InChI is InChI=1S/C19H31N3O5/c1-20-8-2-10-25-12-14-27-15-13-26-11-3-9-21-19(24)17-4-6-18(7-5-17)22-16-23/h4-7,16,20H,2-3,8-15H2,1H3,(H,21,24)(H,22,23). The van der Waals surface area contributed by atoms with Crippen molar-refractivity contribution in [1.29, 1.82) is 0 Å². The second kappa shape index (κ2) is 16.2. The van der Waals surface area contributed by atoms with Crippen molar-refractivity contribution in [3.63, 3.8) is 0 Å². The molecule has 1 aromatic carbocycles. The third kappa shape index (κ3) is 12.1. The highest BCUT2D eigenvalue weighted by atomic mass is 16.5. The minimum Gasteiger partial charge on any atom is -0.379 e. The molecule has 0 heterocycles. The highest BCUT2D eigenvalue weighted by Crippen LogP contribution is 2.08. The number of nitrogens with one attached hydrogen (secondary N) is 3. The molecule has 8 heteroatoms. The van der Waals surface area contributed by atoms with Crippen LogP contribution in [0.15, 0.2) is 24.3 Å². The van der Waals surface area contributed by atoms with Gasteiger partial charge in [-0.1, -0.05) is 0 Å². The number of carbonyl (C=O) groups is 2. The Hall–Kier alpha value is -2.00. The van der Waals surface area contributed by atoms with Crippen LogP contribution in [0.1, 0.15) is 23.2 Å². The summed E-state index contributed by atoms with van der Waals surface area (Å²) in [4.78, 5) is 22.3. The molecule has 0 fully saturated rings. The van der Waals surface area contributed by atoms with Gasteiger partial charge in [-0.15, -0.1) is 0 Å². The highest BCUT2D eigenvalue weighted by Gasteiger charge is 2.04. The average molecular weight is 381 g/mol. The lowest BCUT2D eigenvalue weighted by atomic mass is 10.2. The molecule has 0 bridgehead atoms. The minimum absolute atomic E-state index is 0.147. The van der Waals surface area contributed by atoms with Crippen molar-refractivity contribution in [2.45, 2.75) is 12.8 Å². The number of hydrogen-bond donors (Lipinski definition) is 3. The lowest BCUT2D eigenvalue weighted by molar-refractivity contribution is -0.105. The molecular formula is C19H31N3O5. The van der Waals surface area contributed by atoms with Gasteiger partial charge in [0.1, 0.15) is 0 Å². The van der Waals surface area contributed by atoms with E-state index < -0.39 is 0 Å². The van der Waals surface area contributed by atoms with Crippen LogP contribution in [-0.2, 0) is 19.0 Å². The number of rotatable bonds is 17. The summed E-state index contributed by atoms with van der Waals surface area (Å²) in [7, 11) is 1.92. The summed E-state index contributed by atoms with van der Waals surface area (Å²) in [5.74, 6) is -0.147. The molecule has 2 amide bonds. The minimum atomic E-state index is -0.147. The number of hydrogen-bond acceptors (Lipinski definition) is 6. The van der Waals surface area contributed by atoms with Crippen LogP contribution in [0.3, 0.4) is 0 Å². The van der Waals surface area contributed by atoms with E-state index >= 15 is 0 Å². The molecular weight excluding hydrogens is 350 g/mol. The van der Waals surface area contributed by atoms with Crippen molar-refractivity contribution in [3.05, 3.63) is 29.8 Å². The Kier molecular flexibility index (Phi) is 13.8. The van der Waals surface area contributed by atoms with E-state index in [0.29, 0.717) is 57.2 Å². The summed E-state index contributed by atoms with van der Waals surface area (Å²) in [6, 6.07) is 6.69. The lowest BCUT2D eigenvalue weighted by Crippen LogP contribution is -2.25. The van der Waals surface area contributed by atoms with E-state index in [2.05, 4.69) is 16.0 Å². The third-order valence-electron chi connectivity index (χ3n) is 3.58. The zero-order chi connectivity index (χ0) is 19.6. The summed E-state index contributed by atoms with van der Waals surface area (Å²) in [5.41, 5.74) is 1.20. The molecule has 3 N–H and O–H groups in total. The quantitative estimate of drug-likeness (QED) is 0.275. The fourth-order valence-electron chi connectivity index (χ4n) is 2.16. The lowest BCUT2D eigenvalue weighted by Gasteiger charge is -2.08. The molecule has 0 aliphatic rings. The van der Waals surface area contributed by atoms with E-state index in [1.54, 1.807) is 24.3 Å². The van der Waals surface area contributed by atoms with Crippen LogP contribution < -0.4 is 16.0 Å². The Morgan fingerprint density at radius 3 is 2.00 bits per heavy atom. The normalized spacial score (nSPS) is 10.6. The van der Waals surface area contributed by atoms with Gasteiger partial charge in [-0.2, -0.15) is 0 Å². The SMILES string of the molecule is CNCCCOCCOCCOCCCNC(=O)c1ccc(NC=O)cc1. The van der Waals surface area contributed by atoms with Gasteiger partial charge in [0, 0.05) is 31.0 Å². The van der Waals surface area contributed by atoms with Gasteiger partial charge in [0.2, 0.25) is 6.41 Å². The summed E-state index contributed by atoms with van der Waals surface area (Å²) >= 11 is 0. The molecule has 0 aliphatic carbocycles. The van der Waals surface area contributed by atoms with Gasteiger partial charge in [0.25, 0.3) is 5.91 Å². The van der Waals surface area contributed by atoms with Gasteiger partial charge in [-0.05, 0) is 50.7 Å². The van der Waals surface area contributed by atoms with Crippen molar-refractivity contribution in [3.8, 4) is 0 Å². The fraction of sp³-hybridized carbons (Fsp3) is 0.579. The van der Waals surface area contributed by atoms with Crippen LogP contribution in [-0.4, -0.2) is 72.1 Å². The van der Waals surface area contributed by atoms with Gasteiger partial charge in [0.05, 0.1) is 26.4 Å². The smallest absolute Gasteiger partial charge is 0.251 e. The molecule has 0 unspecified atom stereocenters. The largest absolute Gasteiger partial charge is 0.379 e. The maximum atomic E-state index is 12.0. The maximum Gasteiger partial charge on any atom is 0.251 e. The van der Waals surface area contributed by atoms with Gasteiger partial charge in [0.15, 0.2) is 0 Å². The molecule has 8 nitrogen and oxygen atoms in total. The highest BCUT2D eigenvalue weighted by molar-refractivity contribution is 5.94. The molecule has 0 radical (unpaired) electrons. The van der Waals surface area contributed by atoms with E-state index in [9.17, 15) is 9.59 Å². The zero-order valence-corrected chi connectivity index (χ0v) is 16.0. The van der Waals surface area contributed by atoms with E-state index in [1.165, 1.54) is 0 Å². The van der Waals surface area contributed by atoms with Crippen molar-refractivity contribution in [2.24, 2.45) is 0 Å². The predicted octanol–water partition coefficient (Wildman–Crippen LogP) is 1.03. The Labute approximate surface area is 160 Å². The third-order valence-corrected chi connectivity index (χ3v) is 3.58. The second-order valence-corrected chi connectivity index (χ2v) is 5.74. The Balaban J connectivity index is 1.91. The first kappa shape index (κ1) is 23.0. The molecule has 0 aliphatic heterocycles. The average Bonchev–Trinajstić information content (AvgIpc) is 2.69. The van der Waals surface area contributed by atoms with Gasteiger partial charge in [-0.25, -0.2) is 0 Å². The topological polar surface area (TPSA) is 97.9 Å². The summed E-state index contributed by atoms with van der Waals surface area (Å²) in [6.07, 6.45) is 2.32.